The third kappa shape index (κ3) is 4.68. The second kappa shape index (κ2) is 4.71. The summed E-state index contributed by atoms with van der Waals surface area (Å²) in [5.74, 6) is -3.94. The molecule has 0 spiro atoms. The van der Waals surface area contributed by atoms with E-state index in [1.807, 2.05) is 0 Å². The molecule has 0 fully saturated rings. The first kappa shape index (κ1) is 10.9. The highest BCUT2D eigenvalue weighted by Crippen LogP contribution is 2.02. The molecule has 0 aromatic rings. The van der Waals surface area contributed by atoms with E-state index < -0.39 is 35.9 Å². The smallest absolute Gasteiger partial charge is 0.140 e. The third-order valence-electron chi connectivity index (χ3n) is 1.00. The predicted octanol–water partition coefficient (Wildman–Crippen LogP) is -2.56. The van der Waals surface area contributed by atoms with Gasteiger partial charge in [-0.25, -0.2) is 0 Å². The maximum atomic E-state index is 10.6. The summed E-state index contributed by atoms with van der Waals surface area (Å²) in [5.41, 5.74) is 0. The number of carboxylic acids is 2. The van der Waals surface area contributed by atoms with Crippen LogP contribution < -0.4 is 10.2 Å². The van der Waals surface area contributed by atoms with Crippen LogP contribution in [-0.2, 0) is 14.4 Å². The quantitative estimate of drug-likeness (QED) is 0.353. The van der Waals surface area contributed by atoms with Gasteiger partial charge in [0.25, 0.3) is 0 Å². The van der Waals surface area contributed by atoms with Crippen molar-refractivity contribution >= 4 is 29.3 Å². The molecule has 0 heterocycles. The van der Waals surface area contributed by atoms with E-state index in [9.17, 15) is 24.6 Å². The summed E-state index contributed by atoms with van der Waals surface area (Å²) in [6.07, 6.45) is -1.38. The van der Waals surface area contributed by atoms with E-state index in [2.05, 4.69) is 0 Å². The number of rotatable bonds is 5. The van der Waals surface area contributed by atoms with E-state index in [1.165, 1.54) is 0 Å². The van der Waals surface area contributed by atoms with Crippen LogP contribution in [0.2, 0.25) is 0 Å². The van der Waals surface area contributed by atoms with E-state index in [1.54, 1.807) is 0 Å². The minimum atomic E-state index is -1.59. The standard InChI is InChI=1S/C6H7ClO5/c7-4(6(11)12)1-3(8)2-5(9)10/h4H,1-2H2,(H,9,10)(H,11,12)/p-2. The molecule has 0 aliphatic heterocycles. The number of carboxylic acid groups (broad SMARTS) is 2. The molecule has 0 radical (unpaired) electrons. The number of hydrogen-bond acceptors (Lipinski definition) is 5. The van der Waals surface area contributed by atoms with E-state index in [0.29, 0.717) is 0 Å². The highest BCUT2D eigenvalue weighted by molar-refractivity contribution is 6.30. The van der Waals surface area contributed by atoms with Crippen LogP contribution in [0.25, 0.3) is 0 Å². The first-order valence-electron chi connectivity index (χ1n) is 3.00. The molecule has 6 heteroatoms. The SMILES string of the molecule is O=C([O-])CC(=O)CC(Cl)C(=O)[O-]. The Kier molecular flexibility index (Phi) is 4.28. The maximum absolute atomic E-state index is 10.6. The molecule has 68 valence electrons. The number of hydrogen-bond donors (Lipinski definition) is 0. The van der Waals surface area contributed by atoms with E-state index in [0.717, 1.165) is 0 Å². The minimum absolute atomic E-state index is 0.558. The Morgan fingerprint density at radius 2 is 1.75 bits per heavy atom. The molecule has 0 rings (SSSR count). The summed E-state index contributed by atoms with van der Waals surface area (Å²) in [6.45, 7) is 0. The lowest BCUT2D eigenvalue weighted by atomic mass is 10.1. The van der Waals surface area contributed by atoms with Gasteiger partial charge in [0.15, 0.2) is 0 Å². The Labute approximate surface area is 72.9 Å². The van der Waals surface area contributed by atoms with Gasteiger partial charge in [-0.05, 0) is 0 Å². The van der Waals surface area contributed by atoms with Crippen molar-refractivity contribution in [3.05, 3.63) is 0 Å². The largest absolute Gasteiger partial charge is 0.550 e. The first-order valence-corrected chi connectivity index (χ1v) is 3.43. The van der Waals surface area contributed by atoms with Crippen molar-refractivity contribution in [2.24, 2.45) is 0 Å². The van der Waals surface area contributed by atoms with Crippen LogP contribution in [0.3, 0.4) is 0 Å². The fourth-order valence-corrected chi connectivity index (χ4v) is 0.688. The Hall–Kier alpha value is -1.10. The van der Waals surface area contributed by atoms with Crippen molar-refractivity contribution in [1.29, 1.82) is 0 Å². The maximum Gasteiger partial charge on any atom is 0.140 e. The highest BCUT2D eigenvalue weighted by atomic mass is 35.5. The van der Waals surface area contributed by atoms with Gasteiger partial charge in [0.2, 0.25) is 0 Å². The molecule has 1 atom stereocenters. The van der Waals surface area contributed by atoms with Crippen molar-refractivity contribution in [1.82, 2.24) is 0 Å². The molecule has 0 N–H and O–H groups in total. The topological polar surface area (TPSA) is 97.3 Å². The number of carbonyl (C=O) groups is 3. The first-order chi connectivity index (χ1) is 5.43. The predicted molar refractivity (Wildman–Crippen MR) is 33.9 cm³/mol. The Bertz CT molecular complexity index is 212. The Morgan fingerprint density at radius 3 is 2.08 bits per heavy atom. The number of Topliss-reactive ketones (excluding diaryl/α,β-unsaturated/α-hetero) is 1. The van der Waals surface area contributed by atoms with Crippen molar-refractivity contribution in [3.63, 3.8) is 0 Å². The molecule has 0 saturated heterocycles. The number of carbonyl (C=O) groups excluding carboxylic acids is 3. The van der Waals surface area contributed by atoms with Crippen LogP contribution >= 0.6 is 11.6 Å². The second-order valence-corrected chi connectivity index (χ2v) is 2.60. The molecule has 0 amide bonds. The molecule has 5 nitrogen and oxygen atoms in total. The lowest BCUT2D eigenvalue weighted by Crippen LogP contribution is -2.34. The summed E-state index contributed by atoms with van der Waals surface area (Å²) in [5, 5.41) is 18.3. The van der Waals surface area contributed by atoms with E-state index in [4.69, 9.17) is 11.6 Å². The number of aliphatic carboxylic acids is 2. The fraction of sp³-hybridized carbons (Fsp3) is 0.500. The van der Waals surface area contributed by atoms with Crippen molar-refractivity contribution in [2.75, 3.05) is 0 Å². The molecule has 0 aromatic heterocycles. The fourth-order valence-electron chi connectivity index (χ4n) is 0.516. The monoisotopic (exact) mass is 192 g/mol. The van der Waals surface area contributed by atoms with Crippen LogP contribution in [-0.4, -0.2) is 23.1 Å². The van der Waals surface area contributed by atoms with Crippen LogP contribution in [0.1, 0.15) is 12.8 Å². The summed E-state index contributed by atoms with van der Waals surface area (Å²) in [7, 11) is 0. The molecular weight excluding hydrogens is 188 g/mol. The van der Waals surface area contributed by atoms with Gasteiger partial charge in [0.05, 0.1) is 11.3 Å². The van der Waals surface area contributed by atoms with Gasteiger partial charge in [0, 0.05) is 18.8 Å². The van der Waals surface area contributed by atoms with Gasteiger partial charge in [-0.15, -0.1) is 11.6 Å². The molecule has 0 bridgehead atoms. The lowest BCUT2D eigenvalue weighted by molar-refractivity contribution is -0.307. The summed E-state index contributed by atoms with van der Waals surface area (Å²) in [4.78, 5) is 30.4. The number of alkyl halides is 1. The molecule has 0 aromatic carbocycles. The van der Waals surface area contributed by atoms with Crippen LogP contribution in [0.15, 0.2) is 0 Å². The Balaban J connectivity index is 3.85. The average molecular weight is 193 g/mol. The van der Waals surface area contributed by atoms with Crippen molar-refractivity contribution in [2.45, 2.75) is 18.2 Å². The second-order valence-electron chi connectivity index (χ2n) is 2.08. The summed E-state index contributed by atoms with van der Waals surface area (Å²) in [6, 6.07) is 0. The summed E-state index contributed by atoms with van der Waals surface area (Å²) < 4.78 is 0. The minimum Gasteiger partial charge on any atom is -0.550 e. The highest BCUT2D eigenvalue weighted by Gasteiger charge is 2.11. The van der Waals surface area contributed by atoms with Gasteiger partial charge in [-0.1, -0.05) is 0 Å². The summed E-state index contributed by atoms with van der Waals surface area (Å²) >= 11 is 5.10. The van der Waals surface area contributed by atoms with Crippen LogP contribution in [0.5, 0.6) is 0 Å². The van der Waals surface area contributed by atoms with Crippen molar-refractivity contribution < 1.29 is 24.6 Å². The number of halogens is 1. The molecular formula is C6H5ClO5-2. The van der Waals surface area contributed by atoms with Gasteiger partial charge < -0.3 is 19.8 Å². The van der Waals surface area contributed by atoms with Crippen LogP contribution in [0, 0.1) is 0 Å². The zero-order valence-electron chi connectivity index (χ0n) is 5.91. The van der Waals surface area contributed by atoms with Crippen molar-refractivity contribution in [3.8, 4) is 0 Å². The Morgan fingerprint density at radius 1 is 1.25 bits per heavy atom. The van der Waals surface area contributed by atoms with E-state index >= 15 is 0 Å². The third-order valence-corrected chi connectivity index (χ3v) is 1.34. The van der Waals surface area contributed by atoms with Gasteiger partial charge in [-0.2, -0.15) is 0 Å². The molecule has 1 unspecified atom stereocenters. The van der Waals surface area contributed by atoms with E-state index in [-0.39, 0.29) is 0 Å². The van der Waals surface area contributed by atoms with Gasteiger partial charge in [0.1, 0.15) is 5.78 Å². The molecule has 0 aliphatic carbocycles. The lowest BCUT2D eigenvalue weighted by Gasteiger charge is -2.08. The molecule has 12 heavy (non-hydrogen) atoms. The number of ketones is 1. The molecule has 0 saturated carbocycles. The zero-order valence-corrected chi connectivity index (χ0v) is 6.67. The zero-order chi connectivity index (χ0) is 9.72. The normalized spacial score (nSPS) is 12.1. The average Bonchev–Trinajstić information content (AvgIpc) is 1.84. The molecule has 0 aliphatic rings. The van der Waals surface area contributed by atoms with Gasteiger partial charge in [-0.3, -0.25) is 4.79 Å². The van der Waals surface area contributed by atoms with Crippen LogP contribution in [0.4, 0.5) is 0 Å². The van der Waals surface area contributed by atoms with Gasteiger partial charge >= 0.3 is 0 Å².